The van der Waals surface area contributed by atoms with Gasteiger partial charge in [-0.15, -0.1) is 0 Å². The zero-order valence-corrected chi connectivity index (χ0v) is 10.1. The lowest BCUT2D eigenvalue weighted by molar-refractivity contribution is -0.160. The molecule has 0 radical (unpaired) electrons. The zero-order chi connectivity index (χ0) is 13.1. The number of halogens is 3. The van der Waals surface area contributed by atoms with Crippen molar-refractivity contribution < 1.29 is 13.2 Å². The van der Waals surface area contributed by atoms with Gasteiger partial charge in [0.05, 0.1) is 0 Å². The van der Waals surface area contributed by atoms with E-state index < -0.39 is 17.9 Å². The van der Waals surface area contributed by atoms with Crippen molar-refractivity contribution in [2.24, 2.45) is 17.6 Å². The fourth-order valence-corrected chi connectivity index (χ4v) is 2.29. The van der Waals surface area contributed by atoms with Crippen LogP contribution in [0.4, 0.5) is 13.2 Å². The number of likely N-dealkylation sites (tertiary alicyclic amines) is 1. The highest BCUT2D eigenvalue weighted by molar-refractivity contribution is 5.80. The molecule has 6 heteroatoms. The molecule has 1 fully saturated rings. The summed E-state index contributed by atoms with van der Waals surface area (Å²) in [6.07, 6.45) is -1.40. The van der Waals surface area contributed by atoms with Crippen molar-refractivity contribution >= 4 is 5.84 Å². The molecule has 1 rings (SSSR count). The summed E-state index contributed by atoms with van der Waals surface area (Å²) in [5, 5.41) is 7.05. The van der Waals surface area contributed by atoms with E-state index in [1.165, 1.54) is 0 Å². The molecule has 1 heterocycles. The number of nitrogens with two attached hydrogens (primary N) is 1. The summed E-state index contributed by atoms with van der Waals surface area (Å²) in [5.74, 6) is -2.13. The van der Waals surface area contributed by atoms with Crippen LogP contribution in [0.25, 0.3) is 0 Å². The average molecular weight is 251 g/mol. The van der Waals surface area contributed by atoms with Crippen LogP contribution in [0.5, 0.6) is 0 Å². The Morgan fingerprint density at radius 2 is 2.18 bits per heavy atom. The van der Waals surface area contributed by atoms with E-state index in [-0.39, 0.29) is 6.54 Å². The summed E-state index contributed by atoms with van der Waals surface area (Å²) in [6, 6.07) is 0. The molecule has 0 aromatic carbocycles. The second kappa shape index (κ2) is 5.71. The summed E-state index contributed by atoms with van der Waals surface area (Å²) in [5.41, 5.74) is 5.04. The first-order valence-corrected chi connectivity index (χ1v) is 5.97. The molecule has 0 aliphatic carbocycles. The van der Waals surface area contributed by atoms with Gasteiger partial charge in [-0.1, -0.05) is 13.3 Å². The molecular formula is C11H20F3N3. The molecule has 0 amide bonds. The molecule has 1 saturated heterocycles. The molecule has 0 aromatic rings. The fourth-order valence-electron chi connectivity index (χ4n) is 2.29. The maximum Gasteiger partial charge on any atom is 0.399 e. The molecule has 0 spiro atoms. The maximum absolute atomic E-state index is 12.7. The number of hydrogen-bond acceptors (Lipinski definition) is 2. The largest absolute Gasteiger partial charge is 0.399 e. The summed E-state index contributed by atoms with van der Waals surface area (Å²) >= 11 is 0. The Kier molecular flexibility index (Phi) is 4.80. The molecule has 3 nitrogen and oxygen atoms in total. The highest BCUT2D eigenvalue weighted by atomic mass is 19.4. The predicted molar refractivity (Wildman–Crippen MR) is 60.9 cm³/mol. The Morgan fingerprint density at radius 1 is 1.53 bits per heavy atom. The van der Waals surface area contributed by atoms with Gasteiger partial charge in [0, 0.05) is 13.1 Å². The Hall–Kier alpha value is -0.780. The number of alkyl halides is 3. The standard InChI is InChI=1S/C11H20F3N3/c1-2-8-4-3-5-17(6-8)7-9(10(15)16)11(12,13)14/h8-9H,2-7H2,1H3,(H3,15,16). The number of nitrogens with zero attached hydrogens (tertiary/aromatic N) is 1. The lowest BCUT2D eigenvalue weighted by Crippen LogP contribution is -2.46. The normalized spacial score (nSPS) is 24.6. The van der Waals surface area contributed by atoms with Crippen molar-refractivity contribution in [2.75, 3.05) is 19.6 Å². The molecule has 0 bridgehead atoms. The third-order valence-corrected chi connectivity index (χ3v) is 3.39. The van der Waals surface area contributed by atoms with E-state index in [0.29, 0.717) is 19.0 Å². The molecule has 3 N–H and O–H groups in total. The van der Waals surface area contributed by atoms with E-state index in [2.05, 4.69) is 6.92 Å². The van der Waals surface area contributed by atoms with Gasteiger partial charge in [0.25, 0.3) is 0 Å². The molecule has 0 saturated carbocycles. The number of piperidine rings is 1. The molecule has 1 aliphatic heterocycles. The van der Waals surface area contributed by atoms with Crippen LogP contribution >= 0.6 is 0 Å². The van der Waals surface area contributed by atoms with Gasteiger partial charge in [0.1, 0.15) is 11.8 Å². The Labute approximate surface area is 99.7 Å². The second-order valence-corrected chi connectivity index (χ2v) is 4.73. The van der Waals surface area contributed by atoms with Crippen LogP contribution in [0.3, 0.4) is 0 Å². The number of amidine groups is 1. The minimum Gasteiger partial charge on any atom is -0.387 e. The number of nitrogens with one attached hydrogen (secondary N) is 1. The van der Waals surface area contributed by atoms with Crippen molar-refractivity contribution in [3.05, 3.63) is 0 Å². The number of hydrogen-bond donors (Lipinski definition) is 2. The average Bonchev–Trinajstić information content (AvgIpc) is 2.24. The third kappa shape index (κ3) is 4.18. The van der Waals surface area contributed by atoms with Crippen LogP contribution in [-0.2, 0) is 0 Å². The van der Waals surface area contributed by atoms with Crippen molar-refractivity contribution in [3.8, 4) is 0 Å². The third-order valence-electron chi connectivity index (χ3n) is 3.39. The van der Waals surface area contributed by atoms with Gasteiger partial charge in [-0.25, -0.2) is 0 Å². The van der Waals surface area contributed by atoms with Crippen LogP contribution in [-0.4, -0.2) is 36.5 Å². The van der Waals surface area contributed by atoms with Crippen LogP contribution in [0.15, 0.2) is 0 Å². The van der Waals surface area contributed by atoms with Crippen molar-refractivity contribution in [1.29, 1.82) is 5.41 Å². The SMILES string of the molecule is CCC1CCCN(CC(C(=N)N)C(F)(F)F)C1. The van der Waals surface area contributed by atoms with Gasteiger partial charge in [-0.2, -0.15) is 13.2 Å². The predicted octanol–water partition coefficient (Wildman–Crippen LogP) is 2.22. The molecular weight excluding hydrogens is 231 g/mol. The van der Waals surface area contributed by atoms with Crippen molar-refractivity contribution in [1.82, 2.24) is 4.90 Å². The zero-order valence-electron chi connectivity index (χ0n) is 10.1. The van der Waals surface area contributed by atoms with E-state index in [0.717, 1.165) is 19.3 Å². The molecule has 100 valence electrons. The van der Waals surface area contributed by atoms with E-state index in [1.807, 2.05) is 0 Å². The van der Waals surface area contributed by atoms with Crippen molar-refractivity contribution in [2.45, 2.75) is 32.4 Å². The molecule has 2 unspecified atom stereocenters. The lowest BCUT2D eigenvalue weighted by atomic mass is 9.94. The Balaban J connectivity index is 2.58. The first kappa shape index (κ1) is 14.3. The molecule has 17 heavy (non-hydrogen) atoms. The first-order valence-electron chi connectivity index (χ1n) is 5.97. The Bertz CT molecular complexity index is 265. The van der Waals surface area contributed by atoms with Crippen molar-refractivity contribution in [3.63, 3.8) is 0 Å². The molecule has 1 aliphatic rings. The van der Waals surface area contributed by atoms with Crippen LogP contribution < -0.4 is 5.73 Å². The van der Waals surface area contributed by atoms with Gasteiger partial charge in [-0.3, -0.25) is 5.41 Å². The quantitative estimate of drug-likeness (QED) is 0.594. The van der Waals surface area contributed by atoms with E-state index >= 15 is 0 Å². The van der Waals surface area contributed by atoms with E-state index in [4.69, 9.17) is 11.1 Å². The topological polar surface area (TPSA) is 53.1 Å². The maximum atomic E-state index is 12.7. The summed E-state index contributed by atoms with van der Waals surface area (Å²) < 4.78 is 38.0. The highest BCUT2D eigenvalue weighted by Crippen LogP contribution is 2.28. The first-order chi connectivity index (χ1) is 7.84. The summed E-state index contributed by atoms with van der Waals surface area (Å²) in [6.45, 7) is 3.25. The molecule has 0 aromatic heterocycles. The minimum atomic E-state index is -4.41. The minimum absolute atomic E-state index is 0.171. The van der Waals surface area contributed by atoms with Crippen LogP contribution in [0, 0.1) is 17.2 Å². The summed E-state index contributed by atoms with van der Waals surface area (Å²) in [4.78, 5) is 1.79. The van der Waals surface area contributed by atoms with E-state index in [1.54, 1.807) is 4.90 Å². The highest BCUT2D eigenvalue weighted by Gasteiger charge is 2.43. The van der Waals surface area contributed by atoms with Gasteiger partial charge >= 0.3 is 6.18 Å². The Morgan fingerprint density at radius 3 is 2.65 bits per heavy atom. The van der Waals surface area contributed by atoms with Crippen LogP contribution in [0.1, 0.15) is 26.2 Å². The number of rotatable bonds is 4. The second-order valence-electron chi connectivity index (χ2n) is 4.73. The van der Waals surface area contributed by atoms with Gasteiger partial charge in [0.15, 0.2) is 0 Å². The van der Waals surface area contributed by atoms with Crippen LogP contribution in [0.2, 0.25) is 0 Å². The fraction of sp³-hybridized carbons (Fsp3) is 0.909. The van der Waals surface area contributed by atoms with Gasteiger partial charge in [0.2, 0.25) is 0 Å². The monoisotopic (exact) mass is 251 g/mol. The smallest absolute Gasteiger partial charge is 0.387 e. The van der Waals surface area contributed by atoms with E-state index in [9.17, 15) is 13.2 Å². The van der Waals surface area contributed by atoms with Gasteiger partial charge < -0.3 is 10.6 Å². The molecule has 2 atom stereocenters. The lowest BCUT2D eigenvalue weighted by Gasteiger charge is -2.34. The summed E-state index contributed by atoms with van der Waals surface area (Å²) in [7, 11) is 0. The van der Waals surface area contributed by atoms with Gasteiger partial charge in [-0.05, 0) is 25.3 Å².